The molecule has 3 heterocycles. The van der Waals surface area contributed by atoms with E-state index in [0.717, 1.165) is 53.8 Å². The number of aromatic nitrogens is 5. The highest BCUT2D eigenvalue weighted by Crippen LogP contribution is 2.39. The molecule has 1 fully saturated rings. The predicted molar refractivity (Wildman–Crippen MR) is 133 cm³/mol. The molecule has 7 heteroatoms. The first-order valence-corrected chi connectivity index (χ1v) is 12.4. The largest absolute Gasteiger partial charge is 0.357 e. The van der Waals surface area contributed by atoms with Crippen molar-refractivity contribution in [3.8, 4) is 0 Å². The molecule has 1 aliphatic heterocycles. The Hall–Kier alpha value is -3.48. The van der Waals surface area contributed by atoms with E-state index in [0.29, 0.717) is 5.56 Å². The van der Waals surface area contributed by atoms with E-state index in [9.17, 15) is 4.79 Å². The van der Waals surface area contributed by atoms with Gasteiger partial charge in [-0.25, -0.2) is 4.68 Å². The lowest BCUT2D eigenvalue weighted by Gasteiger charge is -2.31. The van der Waals surface area contributed by atoms with Crippen molar-refractivity contribution in [1.29, 1.82) is 0 Å². The monoisotopic (exact) mass is 454 g/mol. The summed E-state index contributed by atoms with van der Waals surface area (Å²) in [6.45, 7) is 4.96. The van der Waals surface area contributed by atoms with Crippen molar-refractivity contribution in [3.63, 3.8) is 0 Å². The lowest BCUT2D eigenvalue weighted by molar-refractivity contribution is 0.313. The molecule has 2 aromatic heterocycles. The Morgan fingerprint density at radius 1 is 1.06 bits per heavy atom. The van der Waals surface area contributed by atoms with E-state index in [1.54, 1.807) is 0 Å². The van der Waals surface area contributed by atoms with Crippen molar-refractivity contribution in [2.45, 2.75) is 64.5 Å². The van der Waals surface area contributed by atoms with Crippen LogP contribution in [0.2, 0.25) is 0 Å². The van der Waals surface area contributed by atoms with Crippen LogP contribution in [0.1, 0.15) is 72.3 Å². The van der Waals surface area contributed by atoms with E-state index in [1.165, 1.54) is 30.4 Å². The van der Waals surface area contributed by atoms with E-state index in [4.69, 9.17) is 0 Å². The number of nitrogens with zero attached hydrogens (tertiary/aromatic N) is 5. The van der Waals surface area contributed by atoms with Crippen molar-refractivity contribution < 1.29 is 0 Å². The van der Waals surface area contributed by atoms with Crippen LogP contribution in [-0.2, 0) is 6.42 Å². The zero-order valence-corrected chi connectivity index (χ0v) is 19.8. The van der Waals surface area contributed by atoms with Crippen LogP contribution in [0.15, 0.2) is 47.3 Å². The molecule has 0 unspecified atom stereocenters. The van der Waals surface area contributed by atoms with Crippen molar-refractivity contribution in [3.05, 3.63) is 80.9 Å². The van der Waals surface area contributed by atoms with Gasteiger partial charge in [0.05, 0.1) is 11.6 Å². The molecule has 174 valence electrons. The van der Waals surface area contributed by atoms with E-state index >= 15 is 0 Å². The van der Waals surface area contributed by atoms with Crippen LogP contribution in [-0.4, -0.2) is 31.7 Å². The van der Waals surface area contributed by atoms with Gasteiger partial charge >= 0.3 is 0 Å². The van der Waals surface area contributed by atoms with Gasteiger partial charge in [0.15, 0.2) is 5.82 Å². The number of benzene rings is 2. The number of para-hydroxylation sites is 1. The van der Waals surface area contributed by atoms with Gasteiger partial charge in [-0.05, 0) is 78.2 Å². The molecule has 0 spiro atoms. The van der Waals surface area contributed by atoms with Gasteiger partial charge in [0.2, 0.25) is 0 Å². The molecule has 34 heavy (non-hydrogen) atoms. The zero-order chi connectivity index (χ0) is 23.2. The average molecular weight is 455 g/mol. The van der Waals surface area contributed by atoms with Crippen molar-refractivity contribution in [2.24, 2.45) is 0 Å². The smallest absolute Gasteiger partial charge is 0.254 e. The summed E-state index contributed by atoms with van der Waals surface area (Å²) in [5, 5.41) is 14.2. The molecule has 0 radical (unpaired) electrons. The van der Waals surface area contributed by atoms with E-state index in [-0.39, 0.29) is 17.6 Å². The second-order valence-corrected chi connectivity index (χ2v) is 9.85. The minimum atomic E-state index is -0.352. The van der Waals surface area contributed by atoms with E-state index < -0.39 is 0 Å². The molecular weight excluding hydrogens is 424 g/mol. The van der Waals surface area contributed by atoms with Crippen LogP contribution in [0.25, 0.3) is 10.9 Å². The number of H-pyrrole nitrogens is 1. The Kier molecular flexibility index (Phi) is 5.20. The normalized spacial score (nSPS) is 17.3. The number of pyridine rings is 1. The number of anilines is 1. The summed E-state index contributed by atoms with van der Waals surface area (Å²) in [7, 11) is 0. The molecule has 4 aromatic rings. The molecule has 1 atom stereocenters. The summed E-state index contributed by atoms with van der Waals surface area (Å²) in [5.74, 6) is 0.762. The Morgan fingerprint density at radius 2 is 1.88 bits per heavy atom. The zero-order valence-electron chi connectivity index (χ0n) is 19.8. The van der Waals surface area contributed by atoms with Crippen LogP contribution < -0.4 is 10.5 Å². The fraction of sp³-hybridized carbons (Fsp3) is 0.407. The summed E-state index contributed by atoms with van der Waals surface area (Å²) >= 11 is 0. The topological polar surface area (TPSA) is 79.7 Å². The molecule has 1 saturated carbocycles. The van der Waals surface area contributed by atoms with Crippen molar-refractivity contribution >= 4 is 16.6 Å². The number of fused-ring (bicyclic) bond motifs is 2. The molecule has 1 aliphatic carbocycles. The van der Waals surface area contributed by atoms with Gasteiger partial charge in [-0.3, -0.25) is 4.79 Å². The predicted octanol–water partition coefficient (Wildman–Crippen LogP) is 4.79. The van der Waals surface area contributed by atoms with Gasteiger partial charge in [-0.15, -0.1) is 5.10 Å². The number of hydrogen-bond acceptors (Lipinski definition) is 5. The first-order chi connectivity index (χ1) is 16.6. The van der Waals surface area contributed by atoms with E-state index in [2.05, 4.69) is 74.8 Å². The molecule has 6 rings (SSSR count). The Balaban J connectivity index is 1.56. The lowest BCUT2D eigenvalue weighted by atomic mass is 9.95. The molecule has 0 saturated heterocycles. The first-order valence-electron chi connectivity index (χ1n) is 12.4. The standard InChI is InChI=1S/C27H30N6O/c1-17-14-18(2)24-20(15-17)16-22(27(34)28-24)25(32-13-12-19-8-6-7-11-23(19)32)26-29-30-31-33(26)21-9-4-3-5-10-21/h6-8,11,14-16,21,25H,3-5,9-10,12-13H2,1-2H3,(H,28,34)/t25-/m1/s1. The molecule has 2 aliphatic rings. The molecule has 1 N–H and O–H groups in total. The lowest BCUT2D eigenvalue weighted by Crippen LogP contribution is -2.35. The van der Waals surface area contributed by atoms with Crippen LogP contribution in [0.5, 0.6) is 0 Å². The minimum absolute atomic E-state index is 0.0768. The molecular formula is C27H30N6O. The summed E-state index contributed by atoms with van der Waals surface area (Å²) in [6.07, 6.45) is 6.75. The fourth-order valence-corrected chi connectivity index (χ4v) is 5.95. The maximum atomic E-state index is 13.6. The molecule has 0 amide bonds. The molecule has 0 bridgehead atoms. The highest BCUT2D eigenvalue weighted by atomic mass is 16.1. The van der Waals surface area contributed by atoms with Gasteiger partial charge < -0.3 is 9.88 Å². The van der Waals surface area contributed by atoms with Crippen molar-refractivity contribution in [2.75, 3.05) is 11.4 Å². The van der Waals surface area contributed by atoms with Gasteiger partial charge in [0.25, 0.3) is 5.56 Å². The maximum absolute atomic E-state index is 13.6. The average Bonchev–Trinajstić information content (AvgIpc) is 3.49. The van der Waals surface area contributed by atoms with E-state index in [1.807, 2.05) is 11.6 Å². The summed E-state index contributed by atoms with van der Waals surface area (Å²) in [4.78, 5) is 19.1. The highest BCUT2D eigenvalue weighted by Gasteiger charge is 2.35. The Labute approximate surface area is 198 Å². The van der Waals surface area contributed by atoms with Gasteiger partial charge in [-0.1, -0.05) is 49.1 Å². The maximum Gasteiger partial charge on any atom is 0.254 e. The summed E-state index contributed by atoms with van der Waals surface area (Å²) in [6, 6.07) is 14.7. The number of rotatable bonds is 4. The third-order valence-electron chi connectivity index (χ3n) is 7.53. The second-order valence-electron chi connectivity index (χ2n) is 9.85. The number of tetrazole rings is 1. The Bertz CT molecular complexity index is 1410. The number of aromatic amines is 1. The van der Waals surface area contributed by atoms with Gasteiger partial charge in [-0.2, -0.15) is 0 Å². The van der Waals surface area contributed by atoms with Crippen LogP contribution in [0.4, 0.5) is 5.69 Å². The highest BCUT2D eigenvalue weighted by molar-refractivity contribution is 5.83. The second kappa shape index (κ2) is 8.38. The number of aryl methyl sites for hydroxylation is 2. The SMILES string of the molecule is Cc1cc(C)c2[nH]c(=O)c([C@H](c3nnnn3C3CCCCC3)N3CCc4ccccc43)cc2c1. The number of nitrogens with one attached hydrogen (secondary N) is 1. The van der Waals surface area contributed by atoms with Crippen molar-refractivity contribution in [1.82, 2.24) is 25.2 Å². The first kappa shape index (κ1) is 21.1. The Morgan fingerprint density at radius 3 is 2.74 bits per heavy atom. The summed E-state index contributed by atoms with van der Waals surface area (Å²) in [5.41, 5.74) is 6.23. The van der Waals surface area contributed by atoms with Crippen LogP contribution in [0, 0.1) is 13.8 Å². The van der Waals surface area contributed by atoms with Gasteiger partial charge in [0, 0.05) is 17.8 Å². The summed E-state index contributed by atoms with van der Waals surface area (Å²) < 4.78 is 2.01. The third-order valence-corrected chi connectivity index (χ3v) is 7.53. The van der Waals surface area contributed by atoms with Crippen LogP contribution >= 0.6 is 0 Å². The third kappa shape index (κ3) is 3.50. The minimum Gasteiger partial charge on any atom is -0.357 e. The molecule has 2 aromatic carbocycles. The molecule has 7 nitrogen and oxygen atoms in total. The van der Waals surface area contributed by atoms with Crippen LogP contribution in [0.3, 0.4) is 0 Å². The fourth-order valence-electron chi connectivity index (χ4n) is 5.95. The van der Waals surface area contributed by atoms with Gasteiger partial charge in [0.1, 0.15) is 6.04 Å². The number of hydrogen-bond donors (Lipinski definition) is 1. The quantitative estimate of drug-likeness (QED) is 0.480.